The number of carbonyl (C=O) groups excluding carboxylic acids is 2. The van der Waals surface area contributed by atoms with Gasteiger partial charge >= 0.3 is 5.97 Å². The molecule has 1 saturated heterocycles. The standard InChI is InChI=1S/C17H30N2O4S/c1-7-22-16(21)14-13(23-14)15(20)19-12(8-9-24-6)11(2)18-10-17(3,4)5/h12-14,18H,2,7-10H2,1,3-6H3,(H,19,20)/t12-,13-,14-/m0/s1. The molecule has 0 aromatic rings. The highest BCUT2D eigenvalue weighted by Gasteiger charge is 2.51. The van der Waals surface area contributed by atoms with Crippen LogP contribution < -0.4 is 10.6 Å². The third kappa shape index (κ3) is 7.13. The zero-order valence-electron chi connectivity index (χ0n) is 15.3. The summed E-state index contributed by atoms with van der Waals surface area (Å²) >= 11 is 1.71. The van der Waals surface area contributed by atoms with E-state index in [-0.39, 0.29) is 24.0 Å². The average Bonchev–Trinajstić information content (AvgIpc) is 3.29. The predicted octanol–water partition coefficient (Wildman–Crippen LogP) is 1.70. The molecular formula is C17H30N2O4S. The number of rotatable bonds is 10. The van der Waals surface area contributed by atoms with E-state index in [1.807, 2.05) is 6.26 Å². The van der Waals surface area contributed by atoms with Crippen molar-refractivity contribution >= 4 is 23.6 Å². The van der Waals surface area contributed by atoms with Crippen LogP contribution in [-0.4, -0.2) is 55.3 Å². The topological polar surface area (TPSA) is 80.0 Å². The highest BCUT2D eigenvalue weighted by atomic mass is 32.2. The summed E-state index contributed by atoms with van der Waals surface area (Å²) in [5.74, 6) is 0.120. The van der Waals surface area contributed by atoms with E-state index < -0.39 is 18.2 Å². The molecule has 1 aliphatic rings. The minimum atomic E-state index is -0.776. The van der Waals surface area contributed by atoms with Crippen molar-refractivity contribution in [3.8, 4) is 0 Å². The number of esters is 1. The van der Waals surface area contributed by atoms with Gasteiger partial charge in [-0.1, -0.05) is 27.4 Å². The molecule has 3 atom stereocenters. The molecule has 138 valence electrons. The average molecular weight is 359 g/mol. The van der Waals surface area contributed by atoms with Crippen LogP contribution in [0.2, 0.25) is 0 Å². The Hall–Kier alpha value is -1.21. The second-order valence-electron chi connectivity index (χ2n) is 7.01. The van der Waals surface area contributed by atoms with Crippen LogP contribution in [0.4, 0.5) is 0 Å². The molecule has 0 saturated carbocycles. The molecular weight excluding hydrogens is 328 g/mol. The first-order chi connectivity index (χ1) is 11.2. The molecule has 0 spiro atoms. The van der Waals surface area contributed by atoms with E-state index in [2.05, 4.69) is 38.0 Å². The molecule has 1 aliphatic heterocycles. The molecule has 0 radical (unpaired) electrons. The summed E-state index contributed by atoms with van der Waals surface area (Å²) in [5, 5.41) is 6.23. The molecule has 0 bridgehead atoms. The molecule has 0 aromatic heterocycles. The van der Waals surface area contributed by atoms with Gasteiger partial charge in [-0.25, -0.2) is 4.79 Å². The van der Waals surface area contributed by atoms with Gasteiger partial charge in [0.2, 0.25) is 0 Å². The zero-order chi connectivity index (χ0) is 18.3. The molecule has 0 aliphatic carbocycles. The van der Waals surface area contributed by atoms with Gasteiger partial charge in [-0.15, -0.1) is 0 Å². The number of hydrogen-bond acceptors (Lipinski definition) is 6. The summed E-state index contributed by atoms with van der Waals surface area (Å²) in [6.07, 6.45) is 1.25. The Morgan fingerprint density at radius 1 is 1.33 bits per heavy atom. The summed E-state index contributed by atoms with van der Waals surface area (Å²) in [7, 11) is 0. The van der Waals surface area contributed by atoms with Gasteiger partial charge in [0.05, 0.1) is 12.6 Å². The normalized spacial score (nSPS) is 20.9. The van der Waals surface area contributed by atoms with Crippen LogP contribution in [0.15, 0.2) is 12.3 Å². The zero-order valence-corrected chi connectivity index (χ0v) is 16.1. The van der Waals surface area contributed by atoms with Gasteiger partial charge in [0.25, 0.3) is 5.91 Å². The maximum absolute atomic E-state index is 12.3. The first-order valence-corrected chi connectivity index (χ1v) is 9.63. The quantitative estimate of drug-likeness (QED) is 0.457. The van der Waals surface area contributed by atoms with E-state index in [4.69, 9.17) is 9.47 Å². The maximum atomic E-state index is 12.3. The minimum Gasteiger partial charge on any atom is -0.464 e. The monoisotopic (exact) mass is 358 g/mol. The second-order valence-corrected chi connectivity index (χ2v) is 8.00. The lowest BCUT2D eigenvalue weighted by molar-refractivity contribution is -0.144. The van der Waals surface area contributed by atoms with Crippen molar-refractivity contribution in [3.63, 3.8) is 0 Å². The van der Waals surface area contributed by atoms with Gasteiger partial charge in [0, 0.05) is 12.2 Å². The molecule has 24 heavy (non-hydrogen) atoms. The predicted molar refractivity (Wildman–Crippen MR) is 96.8 cm³/mol. The summed E-state index contributed by atoms with van der Waals surface area (Å²) in [6.45, 7) is 13.2. The fraction of sp³-hybridized carbons (Fsp3) is 0.765. The third-order valence-electron chi connectivity index (χ3n) is 3.46. The second kappa shape index (κ2) is 9.32. The van der Waals surface area contributed by atoms with Crippen LogP contribution in [0.5, 0.6) is 0 Å². The van der Waals surface area contributed by atoms with Gasteiger partial charge in [-0.2, -0.15) is 11.8 Å². The lowest BCUT2D eigenvalue weighted by Crippen LogP contribution is -2.44. The summed E-state index contributed by atoms with van der Waals surface area (Å²) in [5.41, 5.74) is 0.895. The Morgan fingerprint density at radius 2 is 2.00 bits per heavy atom. The Balaban J connectivity index is 2.55. The van der Waals surface area contributed by atoms with Crippen molar-refractivity contribution in [2.45, 2.75) is 52.4 Å². The van der Waals surface area contributed by atoms with E-state index in [1.165, 1.54) is 0 Å². The highest BCUT2D eigenvalue weighted by Crippen LogP contribution is 2.24. The van der Waals surface area contributed by atoms with E-state index in [0.29, 0.717) is 0 Å². The molecule has 0 aromatic carbocycles. The van der Waals surface area contributed by atoms with Crippen molar-refractivity contribution in [3.05, 3.63) is 12.3 Å². The lowest BCUT2D eigenvalue weighted by Gasteiger charge is -2.26. The van der Waals surface area contributed by atoms with Crippen molar-refractivity contribution in [2.75, 3.05) is 25.2 Å². The van der Waals surface area contributed by atoms with Gasteiger partial charge in [0.15, 0.2) is 12.2 Å². The fourth-order valence-corrected chi connectivity index (χ4v) is 2.51. The molecule has 1 fully saturated rings. The summed E-state index contributed by atoms with van der Waals surface area (Å²) < 4.78 is 10.0. The van der Waals surface area contributed by atoms with Crippen LogP contribution >= 0.6 is 11.8 Å². The van der Waals surface area contributed by atoms with Crippen molar-refractivity contribution in [1.82, 2.24) is 10.6 Å². The van der Waals surface area contributed by atoms with Crippen LogP contribution in [0.25, 0.3) is 0 Å². The molecule has 7 heteroatoms. The SMILES string of the molecule is C=C(NCC(C)(C)C)[C@H](CCSC)NC(=O)[C@H]1O[C@@H]1C(=O)OCC. The molecule has 1 heterocycles. The molecule has 6 nitrogen and oxygen atoms in total. The van der Waals surface area contributed by atoms with Crippen molar-refractivity contribution in [2.24, 2.45) is 5.41 Å². The number of nitrogens with one attached hydrogen (secondary N) is 2. The van der Waals surface area contributed by atoms with Gasteiger partial charge in [-0.05, 0) is 30.8 Å². The highest BCUT2D eigenvalue weighted by molar-refractivity contribution is 7.98. The Labute approximate surface area is 149 Å². The van der Waals surface area contributed by atoms with Gasteiger partial charge < -0.3 is 20.1 Å². The smallest absolute Gasteiger partial charge is 0.338 e. The number of ether oxygens (including phenoxy) is 2. The first-order valence-electron chi connectivity index (χ1n) is 8.23. The molecule has 1 rings (SSSR count). The van der Waals surface area contributed by atoms with E-state index in [0.717, 1.165) is 24.4 Å². The fourth-order valence-electron chi connectivity index (χ4n) is 2.04. The molecule has 1 amide bonds. The molecule has 2 N–H and O–H groups in total. The third-order valence-corrected chi connectivity index (χ3v) is 4.11. The first kappa shape index (κ1) is 20.8. The Kier molecular flexibility index (Phi) is 8.09. The number of carbonyl (C=O) groups is 2. The number of thioether (sulfide) groups is 1. The van der Waals surface area contributed by atoms with Crippen LogP contribution in [0, 0.1) is 5.41 Å². The largest absolute Gasteiger partial charge is 0.464 e. The van der Waals surface area contributed by atoms with E-state index in [9.17, 15) is 9.59 Å². The van der Waals surface area contributed by atoms with Crippen molar-refractivity contribution in [1.29, 1.82) is 0 Å². The summed E-state index contributed by atoms with van der Waals surface area (Å²) in [4.78, 5) is 23.8. The molecule has 0 unspecified atom stereocenters. The van der Waals surface area contributed by atoms with Crippen LogP contribution in [0.1, 0.15) is 34.1 Å². The van der Waals surface area contributed by atoms with E-state index in [1.54, 1.807) is 18.7 Å². The lowest BCUT2D eigenvalue weighted by atomic mass is 9.96. The van der Waals surface area contributed by atoms with Gasteiger partial charge in [0.1, 0.15) is 0 Å². The number of hydrogen-bond donors (Lipinski definition) is 2. The Bertz CT molecular complexity index is 462. The van der Waals surface area contributed by atoms with Gasteiger partial charge in [-0.3, -0.25) is 4.79 Å². The minimum absolute atomic E-state index is 0.117. The Morgan fingerprint density at radius 3 is 2.54 bits per heavy atom. The van der Waals surface area contributed by atoms with Crippen LogP contribution in [-0.2, 0) is 19.1 Å². The van der Waals surface area contributed by atoms with E-state index >= 15 is 0 Å². The maximum Gasteiger partial charge on any atom is 0.338 e. The number of amides is 1. The number of epoxide rings is 1. The van der Waals surface area contributed by atoms with Crippen molar-refractivity contribution < 1.29 is 19.1 Å². The summed E-state index contributed by atoms with van der Waals surface area (Å²) in [6, 6.07) is -0.195. The van der Waals surface area contributed by atoms with Crippen LogP contribution in [0.3, 0.4) is 0 Å².